The molecule has 0 bridgehead atoms. The first-order valence-corrected chi connectivity index (χ1v) is 8.26. The van der Waals surface area contributed by atoms with E-state index in [0.717, 1.165) is 26.1 Å². The van der Waals surface area contributed by atoms with E-state index < -0.39 is 4.92 Å². The van der Waals surface area contributed by atoms with E-state index in [1.807, 2.05) is 6.07 Å². The fourth-order valence-electron chi connectivity index (χ4n) is 2.78. The molecule has 0 aliphatic carbocycles. The lowest BCUT2D eigenvalue weighted by Gasteiger charge is -2.30. The van der Waals surface area contributed by atoms with Gasteiger partial charge < -0.3 is 5.32 Å². The number of benzene rings is 1. The minimum Gasteiger partial charge on any atom is -0.368 e. The van der Waals surface area contributed by atoms with Gasteiger partial charge in [-0.2, -0.15) is 0 Å². The van der Waals surface area contributed by atoms with E-state index in [2.05, 4.69) is 53.3 Å². The molecule has 6 heteroatoms. The molecule has 1 aromatic carbocycles. The van der Waals surface area contributed by atoms with Crippen molar-refractivity contribution in [3.05, 3.63) is 64.3 Å². The van der Waals surface area contributed by atoms with Crippen LogP contribution < -0.4 is 5.32 Å². The van der Waals surface area contributed by atoms with Gasteiger partial charge in [-0.3, -0.25) is 15.0 Å². The number of pyridine rings is 1. The molecule has 0 aliphatic rings. The van der Waals surface area contributed by atoms with Gasteiger partial charge in [0.2, 0.25) is 0 Å². The maximum Gasteiger partial charge on any atom is 0.287 e. The van der Waals surface area contributed by atoms with Gasteiger partial charge in [0.05, 0.1) is 4.92 Å². The molecule has 128 valence electrons. The van der Waals surface area contributed by atoms with E-state index in [-0.39, 0.29) is 5.69 Å². The third-order valence-electron chi connectivity index (χ3n) is 4.12. The Labute approximate surface area is 142 Å². The molecule has 0 unspecified atom stereocenters. The Kier molecular flexibility index (Phi) is 6.69. The Bertz CT molecular complexity index is 627. The molecule has 2 aromatic rings. The summed E-state index contributed by atoms with van der Waals surface area (Å²) >= 11 is 0. The lowest BCUT2D eigenvalue weighted by Crippen LogP contribution is -2.41. The van der Waals surface area contributed by atoms with Crippen LogP contribution in [0.15, 0.2) is 48.7 Å². The van der Waals surface area contributed by atoms with Crippen LogP contribution in [-0.4, -0.2) is 40.5 Å². The van der Waals surface area contributed by atoms with Crippen molar-refractivity contribution in [3.8, 4) is 0 Å². The summed E-state index contributed by atoms with van der Waals surface area (Å²) in [6, 6.07) is 13.9. The second kappa shape index (κ2) is 8.98. The van der Waals surface area contributed by atoms with Gasteiger partial charge in [0.1, 0.15) is 12.0 Å². The first-order valence-electron chi connectivity index (χ1n) is 8.26. The van der Waals surface area contributed by atoms with Crippen molar-refractivity contribution in [1.82, 2.24) is 9.88 Å². The molecule has 1 N–H and O–H groups in total. The molecule has 1 aromatic heterocycles. The second-order valence-electron chi connectivity index (χ2n) is 5.60. The van der Waals surface area contributed by atoms with Gasteiger partial charge in [-0.05, 0) is 31.1 Å². The quantitative estimate of drug-likeness (QED) is 0.564. The fraction of sp³-hybridized carbons (Fsp3) is 0.389. The topological polar surface area (TPSA) is 71.3 Å². The average molecular weight is 328 g/mol. The molecule has 0 spiro atoms. The Hall–Kier alpha value is -2.47. The molecule has 1 heterocycles. The maximum atomic E-state index is 10.7. The van der Waals surface area contributed by atoms with E-state index in [1.165, 1.54) is 17.8 Å². The number of rotatable bonds is 9. The monoisotopic (exact) mass is 328 g/mol. The summed E-state index contributed by atoms with van der Waals surface area (Å²) in [5.74, 6) is 0.658. The Morgan fingerprint density at radius 1 is 1.17 bits per heavy atom. The van der Waals surface area contributed by atoms with Crippen molar-refractivity contribution in [3.63, 3.8) is 0 Å². The van der Waals surface area contributed by atoms with Crippen LogP contribution in [0, 0.1) is 10.1 Å². The third kappa shape index (κ3) is 5.03. The normalized spacial score (nSPS) is 12.1. The predicted molar refractivity (Wildman–Crippen MR) is 96.2 cm³/mol. The molecule has 1 atom stereocenters. The highest BCUT2D eigenvalue weighted by molar-refractivity contribution is 5.40. The van der Waals surface area contributed by atoms with Crippen molar-refractivity contribution >= 4 is 11.5 Å². The first kappa shape index (κ1) is 17.9. The van der Waals surface area contributed by atoms with Crippen molar-refractivity contribution in [2.24, 2.45) is 0 Å². The van der Waals surface area contributed by atoms with Crippen molar-refractivity contribution in [1.29, 1.82) is 0 Å². The molecule has 0 saturated carbocycles. The van der Waals surface area contributed by atoms with Crippen LogP contribution >= 0.6 is 0 Å². The van der Waals surface area contributed by atoms with Crippen LogP contribution in [0.5, 0.6) is 0 Å². The Morgan fingerprint density at radius 2 is 1.88 bits per heavy atom. The van der Waals surface area contributed by atoms with Crippen LogP contribution in [0.1, 0.15) is 19.4 Å². The number of aromatic nitrogens is 1. The summed E-state index contributed by atoms with van der Waals surface area (Å²) in [5.41, 5.74) is 1.30. The zero-order valence-electron chi connectivity index (χ0n) is 14.2. The lowest BCUT2D eigenvalue weighted by atomic mass is 10.0. The van der Waals surface area contributed by atoms with Gasteiger partial charge in [-0.25, -0.2) is 4.98 Å². The SMILES string of the molecule is CCN(CC)[C@@H](CNc1ccc([N+](=O)[O-])cn1)Cc1ccccc1. The highest BCUT2D eigenvalue weighted by atomic mass is 16.6. The summed E-state index contributed by atoms with van der Waals surface area (Å²) < 4.78 is 0. The van der Waals surface area contributed by atoms with Gasteiger partial charge in [0.15, 0.2) is 0 Å². The third-order valence-corrected chi connectivity index (χ3v) is 4.12. The molecule has 0 aliphatic heterocycles. The second-order valence-corrected chi connectivity index (χ2v) is 5.60. The van der Waals surface area contributed by atoms with Crippen LogP contribution in [-0.2, 0) is 6.42 Å². The predicted octanol–water partition coefficient (Wildman–Crippen LogP) is 3.35. The molecule has 0 saturated heterocycles. The number of likely N-dealkylation sites (N-methyl/N-ethyl adjacent to an activating group) is 1. The van der Waals surface area contributed by atoms with E-state index in [0.29, 0.717) is 11.9 Å². The molecule has 24 heavy (non-hydrogen) atoms. The molecule has 6 nitrogen and oxygen atoms in total. The summed E-state index contributed by atoms with van der Waals surface area (Å²) in [4.78, 5) is 16.8. The molecule has 0 fully saturated rings. The van der Waals surface area contributed by atoms with Crippen molar-refractivity contribution < 1.29 is 4.92 Å². The van der Waals surface area contributed by atoms with Crippen LogP contribution in [0.3, 0.4) is 0 Å². The van der Waals surface area contributed by atoms with Gasteiger partial charge in [-0.1, -0.05) is 44.2 Å². The fourth-order valence-corrected chi connectivity index (χ4v) is 2.78. The minimum atomic E-state index is -0.440. The highest BCUT2D eigenvalue weighted by Gasteiger charge is 2.16. The summed E-state index contributed by atoms with van der Waals surface area (Å²) in [5, 5.41) is 14.0. The molecule has 0 radical (unpaired) electrons. The minimum absolute atomic E-state index is 0.00475. The number of nitrogens with zero attached hydrogens (tertiary/aromatic N) is 3. The molecule has 2 rings (SSSR count). The van der Waals surface area contributed by atoms with Crippen molar-refractivity contribution in [2.75, 3.05) is 25.0 Å². The Balaban J connectivity index is 2.03. The summed E-state index contributed by atoms with van der Waals surface area (Å²) in [6.45, 7) is 7.01. The highest BCUT2D eigenvalue weighted by Crippen LogP contribution is 2.14. The maximum absolute atomic E-state index is 10.7. The lowest BCUT2D eigenvalue weighted by molar-refractivity contribution is -0.385. The molecular weight excluding hydrogens is 304 g/mol. The summed E-state index contributed by atoms with van der Waals surface area (Å²) in [7, 11) is 0. The standard InChI is InChI=1S/C18H24N4O2/c1-3-21(4-2)17(12-15-8-6-5-7-9-15)14-20-18-11-10-16(13-19-18)22(23)24/h5-11,13,17H,3-4,12,14H2,1-2H3,(H,19,20)/t17-/m1/s1. The van der Waals surface area contributed by atoms with E-state index in [4.69, 9.17) is 0 Å². The van der Waals surface area contributed by atoms with Gasteiger partial charge in [0, 0.05) is 18.7 Å². The van der Waals surface area contributed by atoms with Crippen LogP contribution in [0.4, 0.5) is 11.5 Å². The number of nitro groups is 1. The van der Waals surface area contributed by atoms with Crippen LogP contribution in [0.25, 0.3) is 0 Å². The Morgan fingerprint density at radius 3 is 2.42 bits per heavy atom. The number of anilines is 1. The van der Waals surface area contributed by atoms with E-state index in [9.17, 15) is 10.1 Å². The zero-order chi connectivity index (χ0) is 17.4. The smallest absolute Gasteiger partial charge is 0.287 e. The van der Waals surface area contributed by atoms with E-state index in [1.54, 1.807) is 6.07 Å². The largest absolute Gasteiger partial charge is 0.368 e. The van der Waals surface area contributed by atoms with Crippen LogP contribution in [0.2, 0.25) is 0 Å². The average Bonchev–Trinajstić information content (AvgIpc) is 2.61. The number of nitrogens with one attached hydrogen (secondary N) is 1. The van der Waals surface area contributed by atoms with E-state index >= 15 is 0 Å². The summed E-state index contributed by atoms with van der Waals surface area (Å²) in [6.07, 6.45) is 2.23. The van der Waals surface area contributed by atoms with Gasteiger partial charge in [-0.15, -0.1) is 0 Å². The van der Waals surface area contributed by atoms with Gasteiger partial charge in [0.25, 0.3) is 5.69 Å². The molecule has 0 amide bonds. The van der Waals surface area contributed by atoms with Gasteiger partial charge >= 0.3 is 0 Å². The van der Waals surface area contributed by atoms with Crippen molar-refractivity contribution in [2.45, 2.75) is 26.3 Å². The molecular formula is C18H24N4O2. The zero-order valence-corrected chi connectivity index (χ0v) is 14.2. The number of hydrogen-bond donors (Lipinski definition) is 1. The first-order chi connectivity index (χ1) is 11.6. The number of hydrogen-bond acceptors (Lipinski definition) is 5.